The van der Waals surface area contributed by atoms with Crippen LogP contribution in [0.25, 0.3) is 0 Å². The van der Waals surface area contributed by atoms with E-state index in [1.165, 1.54) is 10.9 Å². The quantitative estimate of drug-likeness (QED) is 0.786. The van der Waals surface area contributed by atoms with Gasteiger partial charge in [-0.25, -0.2) is 4.98 Å². The predicted molar refractivity (Wildman–Crippen MR) is 77.0 cm³/mol. The maximum atomic E-state index is 12.6. The van der Waals surface area contributed by atoms with Gasteiger partial charge in [-0.05, 0) is 31.0 Å². The van der Waals surface area contributed by atoms with E-state index in [0.29, 0.717) is 11.7 Å². The van der Waals surface area contributed by atoms with Crippen LogP contribution in [0, 0.1) is 0 Å². The van der Waals surface area contributed by atoms with E-state index in [4.69, 9.17) is 11.6 Å². The molecule has 3 heterocycles. The Morgan fingerprint density at radius 2 is 2.09 bits per heavy atom. The molecule has 2 aromatic rings. The second kappa shape index (κ2) is 5.79. The average molecular weight is 331 g/mol. The van der Waals surface area contributed by atoms with Gasteiger partial charge < -0.3 is 4.90 Å². The average Bonchev–Trinajstić information content (AvgIpc) is 2.97. The number of hydrogen-bond acceptors (Lipinski definition) is 3. The van der Waals surface area contributed by atoms with Gasteiger partial charge in [-0.2, -0.15) is 18.3 Å². The molecule has 22 heavy (non-hydrogen) atoms. The van der Waals surface area contributed by atoms with E-state index in [2.05, 4.69) is 15.0 Å². The molecule has 0 aliphatic carbocycles. The lowest BCUT2D eigenvalue weighted by Crippen LogP contribution is -2.36. The summed E-state index contributed by atoms with van der Waals surface area (Å²) in [6.07, 6.45) is 0.297. The highest BCUT2D eigenvalue weighted by Gasteiger charge is 2.34. The van der Waals surface area contributed by atoms with Crippen LogP contribution < -0.4 is 4.90 Å². The van der Waals surface area contributed by atoms with Gasteiger partial charge in [-0.1, -0.05) is 11.6 Å². The molecule has 4 nitrogen and oxygen atoms in total. The first kappa shape index (κ1) is 15.1. The van der Waals surface area contributed by atoms with Crippen molar-refractivity contribution in [2.75, 3.05) is 18.0 Å². The molecule has 0 aromatic carbocycles. The Balaban J connectivity index is 1.77. The van der Waals surface area contributed by atoms with Crippen molar-refractivity contribution in [2.45, 2.75) is 25.1 Å². The van der Waals surface area contributed by atoms with Crippen molar-refractivity contribution < 1.29 is 13.2 Å². The number of aromatic nitrogens is 3. The van der Waals surface area contributed by atoms with Crippen molar-refractivity contribution >= 4 is 17.3 Å². The van der Waals surface area contributed by atoms with E-state index < -0.39 is 11.9 Å². The highest BCUT2D eigenvalue weighted by atomic mass is 35.5. The van der Waals surface area contributed by atoms with Crippen LogP contribution in [0.5, 0.6) is 0 Å². The molecule has 1 fully saturated rings. The maximum absolute atomic E-state index is 12.6. The number of anilines is 1. The minimum absolute atomic E-state index is 0.0863. The first-order chi connectivity index (χ1) is 10.4. The normalized spacial score (nSPS) is 19.5. The number of halogens is 4. The van der Waals surface area contributed by atoms with Gasteiger partial charge >= 0.3 is 6.18 Å². The summed E-state index contributed by atoms with van der Waals surface area (Å²) in [5.74, 6) is 0. The molecule has 1 unspecified atom stereocenters. The van der Waals surface area contributed by atoms with Gasteiger partial charge in [0.1, 0.15) is 5.15 Å². The molecule has 1 atom stereocenters. The van der Waals surface area contributed by atoms with Crippen LogP contribution in [0.2, 0.25) is 5.15 Å². The third kappa shape index (κ3) is 3.19. The van der Waals surface area contributed by atoms with Crippen molar-refractivity contribution in [1.82, 2.24) is 14.8 Å². The molecule has 0 bridgehead atoms. The van der Waals surface area contributed by atoms with Crippen LogP contribution >= 0.6 is 11.6 Å². The van der Waals surface area contributed by atoms with Crippen LogP contribution in [0.15, 0.2) is 30.6 Å². The van der Waals surface area contributed by atoms with Crippen LogP contribution in [-0.4, -0.2) is 27.9 Å². The number of pyridine rings is 1. The van der Waals surface area contributed by atoms with Crippen molar-refractivity contribution in [3.63, 3.8) is 0 Å². The van der Waals surface area contributed by atoms with E-state index in [9.17, 15) is 13.2 Å². The van der Waals surface area contributed by atoms with Crippen molar-refractivity contribution in [2.24, 2.45) is 0 Å². The lowest BCUT2D eigenvalue weighted by molar-refractivity contribution is -0.141. The summed E-state index contributed by atoms with van der Waals surface area (Å²) >= 11 is 5.89. The molecular formula is C14H14ClF3N4. The molecule has 2 aromatic heterocycles. The zero-order chi connectivity index (χ0) is 15.7. The van der Waals surface area contributed by atoms with Crippen LogP contribution in [-0.2, 0) is 6.18 Å². The zero-order valence-electron chi connectivity index (χ0n) is 11.6. The Hall–Kier alpha value is -1.76. The highest BCUT2D eigenvalue weighted by Crippen LogP contribution is 2.30. The first-order valence-corrected chi connectivity index (χ1v) is 7.30. The summed E-state index contributed by atoms with van der Waals surface area (Å²) in [7, 11) is 0. The summed E-state index contributed by atoms with van der Waals surface area (Å²) in [6.45, 7) is 1.43. The van der Waals surface area contributed by atoms with Gasteiger partial charge in [-0.15, -0.1) is 0 Å². The van der Waals surface area contributed by atoms with Gasteiger partial charge in [0.25, 0.3) is 0 Å². The molecule has 1 saturated heterocycles. The largest absolute Gasteiger partial charge is 0.435 e. The molecule has 0 amide bonds. The Labute approximate surface area is 130 Å². The standard InChI is InChI=1S/C14H14ClF3N4/c15-13-8-10(3-5-19-13)21-6-1-2-11(9-21)22-7-4-12(20-22)14(16,17)18/h3-5,7-8,11H,1-2,6,9H2. The highest BCUT2D eigenvalue weighted by molar-refractivity contribution is 6.29. The molecule has 1 aliphatic rings. The summed E-state index contributed by atoms with van der Waals surface area (Å²) in [5.41, 5.74) is 0.0736. The minimum atomic E-state index is -4.40. The van der Waals surface area contributed by atoms with Gasteiger partial charge in [0.05, 0.1) is 6.04 Å². The Morgan fingerprint density at radius 1 is 1.27 bits per heavy atom. The lowest BCUT2D eigenvalue weighted by atomic mass is 10.1. The molecule has 3 rings (SSSR count). The van der Waals surface area contributed by atoms with E-state index in [1.54, 1.807) is 12.3 Å². The minimum Gasteiger partial charge on any atom is -0.369 e. The number of rotatable bonds is 2. The molecular weight excluding hydrogens is 317 g/mol. The van der Waals surface area contributed by atoms with Crippen molar-refractivity contribution in [3.8, 4) is 0 Å². The molecule has 0 spiro atoms. The molecule has 0 radical (unpaired) electrons. The van der Waals surface area contributed by atoms with Gasteiger partial charge in [0, 0.05) is 31.2 Å². The summed E-state index contributed by atoms with van der Waals surface area (Å²) in [6, 6.07) is 4.53. The Morgan fingerprint density at radius 3 is 2.77 bits per heavy atom. The Kier molecular flexibility index (Phi) is 3.99. The van der Waals surface area contributed by atoms with E-state index in [-0.39, 0.29) is 6.04 Å². The predicted octanol–water partition coefficient (Wildman–Crippen LogP) is 3.79. The summed E-state index contributed by atoms with van der Waals surface area (Å²) in [4.78, 5) is 6.03. The lowest BCUT2D eigenvalue weighted by Gasteiger charge is -2.34. The molecule has 118 valence electrons. The van der Waals surface area contributed by atoms with Crippen molar-refractivity contribution in [1.29, 1.82) is 0 Å². The van der Waals surface area contributed by atoms with Crippen molar-refractivity contribution in [3.05, 3.63) is 41.4 Å². The maximum Gasteiger partial charge on any atom is 0.435 e. The van der Waals surface area contributed by atoms with Crippen LogP contribution in [0.3, 0.4) is 0 Å². The SMILES string of the molecule is FC(F)(F)c1ccn(C2CCCN(c3ccnc(Cl)c3)C2)n1. The molecule has 0 N–H and O–H groups in total. The van der Waals surface area contributed by atoms with Crippen LogP contribution in [0.1, 0.15) is 24.6 Å². The number of nitrogens with zero attached hydrogens (tertiary/aromatic N) is 4. The zero-order valence-corrected chi connectivity index (χ0v) is 12.3. The molecule has 0 saturated carbocycles. The van der Waals surface area contributed by atoms with E-state index >= 15 is 0 Å². The second-order valence-corrected chi connectivity index (χ2v) is 5.64. The second-order valence-electron chi connectivity index (χ2n) is 5.26. The van der Waals surface area contributed by atoms with E-state index in [0.717, 1.165) is 31.1 Å². The van der Waals surface area contributed by atoms with Gasteiger partial charge in [-0.3, -0.25) is 4.68 Å². The summed E-state index contributed by atoms with van der Waals surface area (Å²) in [5, 5.41) is 4.08. The topological polar surface area (TPSA) is 34.0 Å². The third-order valence-corrected chi connectivity index (χ3v) is 3.95. The number of piperidine rings is 1. The third-order valence-electron chi connectivity index (χ3n) is 3.74. The summed E-state index contributed by atoms with van der Waals surface area (Å²) < 4.78 is 39.4. The van der Waals surface area contributed by atoms with Crippen LogP contribution in [0.4, 0.5) is 18.9 Å². The fourth-order valence-corrected chi connectivity index (χ4v) is 2.85. The monoisotopic (exact) mass is 330 g/mol. The Bertz CT molecular complexity index is 656. The van der Waals surface area contributed by atoms with Gasteiger partial charge in [0.2, 0.25) is 0 Å². The van der Waals surface area contributed by atoms with E-state index in [1.807, 2.05) is 6.07 Å². The van der Waals surface area contributed by atoms with Gasteiger partial charge in [0.15, 0.2) is 5.69 Å². The molecule has 8 heteroatoms. The smallest absolute Gasteiger partial charge is 0.369 e. The molecule has 1 aliphatic heterocycles. The number of alkyl halides is 3. The fourth-order valence-electron chi connectivity index (χ4n) is 2.69. The number of hydrogen-bond donors (Lipinski definition) is 0. The fraction of sp³-hybridized carbons (Fsp3) is 0.429. The first-order valence-electron chi connectivity index (χ1n) is 6.92.